The first-order valence-electron chi connectivity index (χ1n) is 20.9. The van der Waals surface area contributed by atoms with Crippen molar-refractivity contribution in [3.05, 3.63) is 59.1 Å². The van der Waals surface area contributed by atoms with Crippen LogP contribution in [0, 0.1) is 13.8 Å². The molecular weight excluding hydrogens is 721 g/mol. The van der Waals surface area contributed by atoms with Gasteiger partial charge in [-0.25, -0.2) is 4.57 Å². The number of esters is 2. The molecule has 1 aromatic rings. The maximum atomic E-state index is 12.6. The Balaban J connectivity index is 2.28. The predicted octanol–water partition coefficient (Wildman–Crippen LogP) is 10.0. The molecule has 0 spiro atoms. The highest BCUT2D eigenvalue weighted by Gasteiger charge is 2.26. The van der Waals surface area contributed by atoms with Crippen molar-refractivity contribution in [3.8, 4) is 0 Å². The van der Waals surface area contributed by atoms with Crippen molar-refractivity contribution in [1.29, 1.82) is 0 Å². The highest BCUT2D eigenvalue weighted by molar-refractivity contribution is 7.47. The van der Waals surface area contributed by atoms with E-state index in [1.807, 2.05) is 24.3 Å². The van der Waals surface area contributed by atoms with Gasteiger partial charge in [0.2, 0.25) is 0 Å². The molecular formula is C43H74NO10P. The minimum absolute atomic E-state index is 0.0348. The molecule has 1 rings (SSSR count). The van der Waals surface area contributed by atoms with E-state index in [0.29, 0.717) is 19.3 Å². The minimum Gasteiger partial charge on any atom is -0.466 e. The average molecular weight is 796 g/mol. The zero-order valence-corrected chi connectivity index (χ0v) is 35.4. The maximum absolute atomic E-state index is 12.6. The summed E-state index contributed by atoms with van der Waals surface area (Å²) in [4.78, 5) is 34.9. The van der Waals surface area contributed by atoms with Gasteiger partial charge in [-0.1, -0.05) is 108 Å². The van der Waals surface area contributed by atoms with Crippen molar-refractivity contribution < 1.29 is 47.1 Å². The first-order chi connectivity index (χ1) is 26.5. The quantitative estimate of drug-likeness (QED) is 0.0197. The van der Waals surface area contributed by atoms with Gasteiger partial charge in [-0.3, -0.25) is 18.6 Å². The highest BCUT2D eigenvalue weighted by Crippen LogP contribution is 2.43. The van der Waals surface area contributed by atoms with Crippen LogP contribution in [0.4, 0.5) is 0 Å². The highest BCUT2D eigenvalue weighted by atomic mass is 31.2. The van der Waals surface area contributed by atoms with Crippen LogP contribution in [-0.4, -0.2) is 60.5 Å². The van der Waals surface area contributed by atoms with Crippen LogP contribution >= 0.6 is 7.82 Å². The number of hydrogen-bond donors (Lipinski definition) is 3. The van der Waals surface area contributed by atoms with Crippen LogP contribution < -0.4 is 5.73 Å². The molecule has 11 nitrogen and oxygen atoms in total. The number of hydrogen-bond acceptors (Lipinski definition) is 10. The van der Waals surface area contributed by atoms with E-state index in [1.54, 1.807) is 6.08 Å². The Morgan fingerprint density at radius 3 is 2.00 bits per heavy atom. The monoisotopic (exact) mass is 796 g/mol. The van der Waals surface area contributed by atoms with Crippen LogP contribution in [0.1, 0.15) is 158 Å². The van der Waals surface area contributed by atoms with Gasteiger partial charge in [0.1, 0.15) is 18.1 Å². The zero-order valence-electron chi connectivity index (χ0n) is 34.5. The van der Waals surface area contributed by atoms with Crippen LogP contribution in [-0.2, 0) is 45.5 Å². The van der Waals surface area contributed by atoms with E-state index >= 15 is 0 Å². The third-order valence-corrected chi connectivity index (χ3v) is 10.3. The lowest BCUT2D eigenvalue weighted by Gasteiger charge is -2.19. The zero-order chi connectivity index (χ0) is 40.6. The molecule has 1 aromatic heterocycles. The van der Waals surface area contributed by atoms with Crippen molar-refractivity contribution in [2.75, 3.05) is 26.4 Å². The Hall–Kier alpha value is -2.53. The van der Waals surface area contributed by atoms with Crippen LogP contribution in [0.5, 0.6) is 0 Å². The largest absolute Gasteiger partial charge is 0.472 e. The number of rotatable bonds is 35. The number of allylic oxidation sites excluding steroid dienone is 4. The molecule has 316 valence electrons. The van der Waals surface area contributed by atoms with Gasteiger partial charge in [0.25, 0.3) is 0 Å². The standard InChI is InChI=1S/C43H74NO10P/c1-5-7-21-27-38(45)28-22-17-13-9-8-10-15-19-24-30-42(46)50-34-39(35-52-55(48,49)51-33-32-44)53-43(47)31-25-20-16-12-11-14-18-23-29-41-37(4)36(3)40(54-41)26-6-2/h7,13,17,21-22,28,38-39,45H,5-6,8-12,14-16,18-20,23-27,29-35,44H2,1-4H3,(H,48,49)/b17-13+,21-7+,28-22+/t38?,39-/m1/s1. The maximum Gasteiger partial charge on any atom is 0.472 e. The van der Waals surface area contributed by atoms with Crippen molar-refractivity contribution in [3.63, 3.8) is 0 Å². The summed E-state index contributed by atoms with van der Waals surface area (Å²) in [6.45, 7) is 7.67. The third-order valence-electron chi connectivity index (χ3n) is 9.29. The van der Waals surface area contributed by atoms with Gasteiger partial charge in [-0.15, -0.1) is 0 Å². The normalized spacial score (nSPS) is 14.2. The number of carbonyl (C=O) groups excluding carboxylic acids is 2. The second-order valence-electron chi connectivity index (χ2n) is 14.3. The summed E-state index contributed by atoms with van der Waals surface area (Å²) in [5.74, 6) is 1.37. The second-order valence-corrected chi connectivity index (χ2v) is 15.7. The Kier molecular flexibility index (Phi) is 29.9. The average Bonchev–Trinajstić information content (AvgIpc) is 3.42. The minimum atomic E-state index is -4.40. The van der Waals surface area contributed by atoms with Crippen molar-refractivity contribution in [2.24, 2.45) is 5.73 Å². The molecule has 0 aliphatic carbocycles. The number of aliphatic hydroxyl groups is 1. The number of carbonyl (C=O) groups is 2. The number of aliphatic hydroxyl groups excluding tert-OH is 1. The predicted molar refractivity (Wildman–Crippen MR) is 220 cm³/mol. The summed E-state index contributed by atoms with van der Waals surface area (Å²) >= 11 is 0. The fourth-order valence-electron chi connectivity index (χ4n) is 5.95. The lowest BCUT2D eigenvalue weighted by Crippen LogP contribution is -2.29. The van der Waals surface area contributed by atoms with Gasteiger partial charge in [-0.2, -0.15) is 0 Å². The summed E-state index contributed by atoms with van der Waals surface area (Å²) in [6.07, 6.45) is 29.2. The first-order valence-corrected chi connectivity index (χ1v) is 22.4. The van der Waals surface area contributed by atoms with E-state index in [0.717, 1.165) is 101 Å². The summed E-state index contributed by atoms with van der Waals surface area (Å²) in [5.41, 5.74) is 7.95. The van der Waals surface area contributed by atoms with Gasteiger partial charge in [0.15, 0.2) is 6.10 Å². The molecule has 0 saturated heterocycles. The molecule has 0 fully saturated rings. The Morgan fingerprint density at radius 2 is 1.36 bits per heavy atom. The molecule has 4 N–H and O–H groups in total. The molecule has 0 bridgehead atoms. The second kappa shape index (κ2) is 32.5. The number of phosphoric acid groups is 1. The van der Waals surface area contributed by atoms with Crippen LogP contribution in [0.25, 0.3) is 0 Å². The molecule has 12 heteroatoms. The van der Waals surface area contributed by atoms with E-state index in [9.17, 15) is 24.2 Å². The van der Waals surface area contributed by atoms with E-state index in [4.69, 9.17) is 28.7 Å². The van der Waals surface area contributed by atoms with Crippen LogP contribution in [0.2, 0.25) is 0 Å². The fraction of sp³-hybridized carbons (Fsp3) is 0.721. The number of unbranched alkanes of at least 4 members (excludes halogenated alkanes) is 12. The van der Waals surface area contributed by atoms with Gasteiger partial charge in [0.05, 0.1) is 19.3 Å². The van der Waals surface area contributed by atoms with E-state index in [2.05, 4.69) is 33.8 Å². The topological polar surface area (TPSA) is 168 Å². The summed E-state index contributed by atoms with van der Waals surface area (Å²) in [6, 6.07) is 0. The van der Waals surface area contributed by atoms with Crippen LogP contribution in [0.3, 0.4) is 0 Å². The van der Waals surface area contributed by atoms with Gasteiger partial charge < -0.3 is 29.6 Å². The van der Waals surface area contributed by atoms with Crippen LogP contribution in [0.15, 0.2) is 40.9 Å². The molecule has 0 aromatic carbocycles. The van der Waals surface area contributed by atoms with Crippen molar-refractivity contribution in [1.82, 2.24) is 0 Å². The van der Waals surface area contributed by atoms with Gasteiger partial charge in [-0.05, 0) is 76.3 Å². The van der Waals surface area contributed by atoms with Gasteiger partial charge in [0, 0.05) is 32.2 Å². The Bertz CT molecular complexity index is 1290. The summed E-state index contributed by atoms with van der Waals surface area (Å²) in [7, 11) is -4.40. The van der Waals surface area contributed by atoms with Crippen molar-refractivity contribution >= 4 is 19.8 Å². The van der Waals surface area contributed by atoms with E-state index < -0.39 is 38.6 Å². The third kappa shape index (κ3) is 26.9. The summed E-state index contributed by atoms with van der Waals surface area (Å²) in [5, 5.41) is 9.86. The molecule has 3 atom stereocenters. The van der Waals surface area contributed by atoms with Gasteiger partial charge >= 0.3 is 19.8 Å². The number of furan rings is 1. The molecule has 0 saturated carbocycles. The molecule has 0 radical (unpaired) electrons. The molecule has 2 unspecified atom stereocenters. The lowest BCUT2D eigenvalue weighted by molar-refractivity contribution is -0.161. The van der Waals surface area contributed by atoms with Crippen molar-refractivity contribution in [2.45, 2.75) is 175 Å². The lowest BCUT2D eigenvalue weighted by atomic mass is 10.0. The van der Waals surface area contributed by atoms with E-state index in [-0.39, 0.29) is 32.6 Å². The van der Waals surface area contributed by atoms with E-state index in [1.165, 1.54) is 24.0 Å². The Morgan fingerprint density at radius 1 is 0.764 bits per heavy atom. The number of nitrogens with two attached hydrogens (primary N) is 1. The Labute approximate surface area is 332 Å². The summed E-state index contributed by atoms with van der Waals surface area (Å²) < 4.78 is 38.9. The molecule has 55 heavy (non-hydrogen) atoms. The molecule has 0 aliphatic rings. The number of aryl methyl sites for hydroxylation is 2. The fourth-order valence-corrected chi connectivity index (χ4v) is 6.72. The smallest absolute Gasteiger partial charge is 0.466 e. The molecule has 1 heterocycles. The number of phosphoric ester groups is 1. The number of ether oxygens (including phenoxy) is 2. The molecule has 0 aliphatic heterocycles. The SMILES string of the molecule is CC/C=C/CC(O)/C=C/C=C/CCCCCCCC(=O)OC[C@H](COP(=O)(O)OCCN)OC(=O)CCCCCCCCCCc1oc(CCC)c(C)c1C. The first kappa shape index (κ1) is 50.5. The molecule has 0 amide bonds.